The van der Waals surface area contributed by atoms with Crippen molar-refractivity contribution in [3.63, 3.8) is 0 Å². The van der Waals surface area contributed by atoms with Gasteiger partial charge in [0, 0.05) is 24.3 Å². The Morgan fingerprint density at radius 2 is 1.88 bits per heavy atom. The van der Waals surface area contributed by atoms with Gasteiger partial charge in [0.15, 0.2) is 0 Å². The summed E-state index contributed by atoms with van der Waals surface area (Å²) in [5, 5.41) is 3.68. The minimum absolute atomic E-state index is 0.251. The number of halogens is 2. The van der Waals surface area contributed by atoms with Crippen LogP contribution in [0, 0.1) is 6.92 Å². The zero-order valence-electron chi connectivity index (χ0n) is 13.8. The lowest BCUT2D eigenvalue weighted by molar-refractivity contribution is 0.102. The van der Waals surface area contributed by atoms with Crippen molar-refractivity contribution < 1.29 is 9.53 Å². The molecule has 0 bridgehead atoms. The number of benzene rings is 2. The Kier molecular flexibility index (Phi) is 5.37. The normalized spacial score (nSPS) is 14.4. The quantitative estimate of drug-likeness (QED) is 0.791. The summed E-state index contributed by atoms with van der Waals surface area (Å²) in [5.41, 5.74) is 9.81. The molecule has 7 heteroatoms. The van der Waals surface area contributed by atoms with Crippen molar-refractivity contribution in [1.82, 2.24) is 0 Å². The molecule has 0 radical (unpaired) electrons. The number of carbonyl (C=O) groups excluding carboxylic acids is 1. The average Bonchev–Trinajstić information content (AvgIpc) is 2.60. The standard InChI is InChI=1S/C18H19Cl2N3O2/c1-11-8-15(21)17(23-4-6-25-7-5-23)10-16(11)22-18(24)12-2-3-13(19)14(20)9-12/h2-3,8-10H,4-7,21H2,1H3,(H,22,24). The zero-order chi connectivity index (χ0) is 18.0. The van der Waals surface area contributed by atoms with Crippen LogP contribution >= 0.6 is 23.2 Å². The second-order valence-electron chi connectivity index (χ2n) is 5.91. The van der Waals surface area contributed by atoms with Crippen molar-refractivity contribution >= 4 is 46.2 Å². The first-order chi connectivity index (χ1) is 12.0. The number of amides is 1. The van der Waals surface area contributed by atoms with Crippen LogP contribution in [-0.4, -0.2) is 32.2 Å². The second kappa shape index (κ2) is 7.52. The first kappa shape index (κ1) is 17.9. The molecular weight excluding hydrogens is 361 g/mol. The van der Waals surface area contributed by atoms with Gasteiger partial charge in [0.1, 0.15) is 0 Å². The van der Waals surface area contributed by atoms with E-state index in [0.717, 1.165) is 24.3 Å². The Bertz CT molecular complexity index is 805. The highest BCUT2D eigenvalue weighted by atomic mass is 35.5. The average molecular weight is 380 g/mol. The van der Waals surface area contributed by atoms with E-state index < -0.39 is 0 Å². The van der Waals surface area contributed by atoms with E-state index in [1.165, 1.54) is 0 Å². The Morgan fingerprint density at radius 1 is 1.16 bits per heavy atom. The third kappa shape index (κ3) is 4.00. The van der Waals surface area contributed by atoms with E-state index in [-0.39, 0.29) is 5.91 Å². The van der Waals surface area contributed by atoms with Crippen LogP contribution in [0.2, 0.25) is 10.0 Å². The second-order valence-corrected chi connectivity index (χ2v) is 6.72. The number of nitrogen functional groups attached to an aromatic ring is 1. The van der Waals surface area contributed by atoms with Gasteiger partial charge in [-0.15, -0.1) is 0 Å². The topological polar surface area (TPSA) is 67.6 Å². The van der Waals surface area contributed by atoms with Crippen LogP contribution in [0.25, 0.3) is 0 Å². The molecule has 132 valence electrons. The smallest absolute Gasteiger partial charge is 0.255 e. The molecule has 1 fully saturated rings. The van der Waals surface area contributed by atoms with E-state index in [2.05, 4.69) is 10.2 Å². The highest BCUT2D eigenvalue weighted by Crippen LogP contribution is 2.31. The SMILES string of the molecule is Cc1cc(N)c(N2CCOCC2)cc1NC(=O)c1ccc(Cl)c(Cl)c1. The first-order valence-electron chi connectivity index (χ1n) is 7.95. The van der Waals surface area contributed by atoms with Crippen molar-refractivity contribution in [2.45, 2.75) is 6.92 Å². The van der Waals surface area contributed by atoms with E-state index in [0.29, 0.717) is 40.2 Å². The summed E-state index contributed by atoms with van der Waals surface area (Å²) in [4.78, 5) is 14.7. The molecule has 0 unspecified atom stereocenters. The van der Waals surface area contributed by atoms with Crippen molar-refractivity contribution in [3.05, 3.63) is 51.5 Å². The molecule has 2 aromatic rings. The summed E-state index contributed by atoms with van der Waals surface area (Å²) in [6.07, 6.45) is 0. The van der Waals surface area contributed by atoms with Gasteiger partial charge in [0.25, 0.3) is 5.91 Å². The van der Waals surface area contributed by atoms with Crippen LogP contribution < -0.4 is 16.0 Å². The minimum Gasteiger partial charge on any atom is -0.397 e. The number of nitrogens with two attached hydrogens (primary N) is 1. The molecule has 0 spiro atoms. The number of hydrogen-bond donors (Lipinski definition) is 2. The van der Waals surface area contributed by atoms with E-state index in [1.807, 2.05) is 19.1 Å². The maximum Gasteiger partial charge on any atom is 0.255 e. The number of carbonyl (C=O) groups is 1. The lowest BCUT2D eigenvalue weighted by atomic mass is 10.1. The van der Waals surface area contributed by atoms with Gasteiger partial charge < -0.3 is 20.7 Å². The molecule has 5 nitrogen and oxygen atoms in total. The van der Waals surface area contributed by atoms with Crippen molar-refractivity contribution in [3.8, 4) is 0 Å². The summed E-state index contributed by atoms with van der Waals surface area (Å²) >= 11 is 11.9. The fraction of sp³-hybridized carbons (Fsp3) is 0.278. The highest BCUT2D eigenvalue weighted by Gasteiger charge is 2.17. The summed E-state index contributed by atoms with van der Waals surface area (Å²) in [5.74, 6) is -0.251. The maximum atomic E-state index is 12.5. The van der Waals surface area contributed by atoms with Gasteiger partial charge in [0.2, 0.25) is 0 Å². The molecule has 25 heavy (non-hydrogen) atoms. The van der Waals surface area contributed by atoms with Crippen LogP contribution in [0.15, 0.2) is 30.3 Å². The van der Waals surface area contributed by atoms with Gasteiger partial charge in [-0.2, -0.15) is 0 Å². The van der Waals surface area contributed by atoms with Crippen molar-refractivity contribution in [1.29, 1.82) is 0 Å². The summed E-state index contributed by atoms with van der Waals surface area (Å²) in [6.45, 7) is 4.78. The number of nitrogens with one attached hydrogen (secondary N) is 1. The Balaban J connectivity index is 1.86. The zero-order valence-corrected chi connectivity index (χ0v) is 15.3. The number of ether oxygens (including phenoxy) is 1. The highest BCUT2D eigenvalue weighted by molar-refractivity contribution is 6.42. The molecule has 1 amide bonds. The number of nitrogens with zero attached hydrogens (tertiary/aromatic N) is 1. The van der Waals surface area contributed by atoms with E-state index in [1.54, 1.807) is 18.2 Å². The molecule has 0 aliphatic carbocycles. The van der Waals surface area contributed by atoms with Crippen LogP contribution in [-0.2, 0) is 4.74 Å². The summed E-state index contributed by atoms with van der Waals surface area (Å²) in [7, 11) is 0. The van der Waals surface area contributed by atoms with Crippen LogP contribution in [0.1, 0.15) is 15.9 Å². The van der Waals surface area contributed by atoms with Gasteiger partial charge in [-0.05, 0) is 42.8 Å². The minimum atomic E-state index is -0.251. The van der Waals surface area contributed by atoms with E-state index in [4.69, 9.17) is 33.7 Å². The summed E-state index contributed by atoms with van der Waals surface area (Å²) in [6, 6.07) is 8.57. The third-order valence-corrected chi connectivity index (χ3v) is 4.89. The molecule has 0 aromatic heterocycles. The molecule has 1 aliphatic rings. The van der Waals surface area contributed by atoms with Gasteiger partial charge in [-0.1, -0.05) is 23.2 Å². The Labute approximate surface area is 156 Å². The lowest BCUT2D eigenvalue weighted by Gasteiger charge is -2.30. The van der Waals surface area contributed by atoms with Gasteiger partial charge >= 0.3 is 0 Å². The predicted octanol–water partition coefficient (Wildman–Crippen LogP) is 3.97. The first-order valence-corrected chi connectivity index (χ1v) is 8.70. The van der Waals surface area contributed by atoms with E-state index in [9.17, 15) is 4.79 Å². The molecule has 1 aliphatic heterocycles. The molecule has 1 saturated heterocycles. The Hall–Kier alpha value is -1.95. The lowest BCUT2D eigenvalue weighted by Crippen LogP contribution is -2.36. The monoisotopic (exact) mass is 379 g/mol. The third-order valence-electron chi connectivity index (χ3n) is 4.16. The van der Waals surface area contributed by atoms with Crippen LogP contribution in [0.5, 0.6) is 0 Å². The largest absolute Gasteiger partial charge is 0.397 e. The number of morpholine rings is 1. The van der Waals surface area contributed by atoms with Gasteiger partial charge in [0.05, 0.1) is 34.6 Å². The molecule has 3 rings (SSSR count). The van der Waals surface area contributed by atoms with Crippen LogP contribution in [0.4, 0.5) is 17.1 Å². The van der Waals surface area contributed by atoms with Crippen molar-refractivity contribution in [2.75, 3.05) is 42.3 Å². The number of hydrogen-bond acceptors (Lipinski definition) is 4. The van der Waals surface area contributed by atoms with Crippen LogP contribution in [0.3, 0.4) is 0 Å². The fourth-order valence-corrected chi connectivity index (χ4v) is 3.06. The molecule has 0 saturated carbocycles. The van der Waals surface area contributed by atoms with Gasteiger partial charge in [-0.25, -0.2) is 0 Å². The number of aryl methyl sites for hydroxylation is 1. The van der Waals surface area contributed by atoms with E-state index >= 15 is 0 Å². The molecule has 2 aromatic carbocycles. The predicted molar refractivity (Wildman–Crippen MR) is 103 cm³/mol. The Morgan fingerprint density at radius 3 is 2.56 bits per heavy atom. The molecule has 0 atom stereocenters. The summed E-state index contributed by atoms with van der Waals surface area (Å²) < 4.78 is 5.38. The fourth-order valence-electron chi connectivity index (χ4n) is 2.76. The molecular formula is C18H19Cl2N3O2. The number of rotatable bonds is 3. The van der Waals surface area contributed by atoms with Crippen molar-refractivity contribution in [2.24, 2.45) is 0 Å². The maximum absolute atomic E-state index is 12.5. The molecule has 3 N–H and O–H groups in total. The molecule has 1 heterocycles. The van der Waals surface area contributed by atoms with Gasteiger partial charge in [-0.3, -0.25) is 4.79 Å². The number of anilines is 3.